The predicted octanol–water partition coefficient (Wildman–Crippen LogP) is 3.06. The Morgan fingerprint density at radius 1 is 1.11 bits per heavy atom. The second-order valence-electron chi connectivity index (χ2n) is 3.84. The molecule has 92 valence electrons. The summed E-state index contributed by atoms with van der Waals surface area (Å²) >= 11 is 0. The molecule has 0 radical (unpaired) electrons. The first kappa shape index (κ1) is 12.1. The highest BCUT2D eigenvalue weighted by Gasteiger charge is 2.19. The monoisotopic (exact) mass is 245 g/mol. The Kier molecular flexibility index (Phi) is 3.57. The van der Waals surface area contributed by atoms with Crippen LogP contribution >= 0.6 is 0 Å². The van der Waals surface area contributed by atoms with Gasteiger partial charge in [-0.25, -0.2) is 9.18 Å². The van der Waals surface area contributed by atoms with Crippen molar-refractivity contribution < 1.29 is 14.3 Å². The largest absolute Gasteiger partial charge is 0.479 e. The van der Waals surface area contributed by atoms with Crippen LogP contribution in [0.1, 0.15) is 11.6 Å². The van der Waals surface area contributed by atoms with E-state index in [-0.39, 0.29) is 0 Å². The van der Waals surface area contributed by atoms with Gasteiger partial charge in [-0.3, -0.25) is 0 Å². The molecule has 0 aliphatic carbocycles. The standard InChI is InChI=1S/C14H12FNO2/c15-11-7-4-8-12(9-11)16-13(14(17)18)10-5-2-1-3-6-10/h1-9,13,16H,(H,17,18)/t13-/m0/s1. The van der Waals surface area contributed by atoms with Crippen molar-refractivity contribution in [3.8, 4) is 0 Å². The number of aliphatic carboxylic acids is 1. The average Bonchev–Trinajstić information content (AvgIpc) is 2.37. The maximum Gasteiger partial charge on any atom is 0.330 e. The Hall–Kier alpha value is -2.36. The lowest BCUT2D eigenvalue weighted by atomic mass is 10.1. The summed E-state index contributed by atoms with van der Waals surface area (Å²) in [4.78, 5) is 11.2. The molecule has 2 aromatic carbocycles. The number of nitrogens with one attached hydrogen (secondary N) is 1. The molecule has 0 fully saturated rings. The van der Waals surface area contributed by atoms with Crippen LogP contribution in [0.3, 0.4) is 0 Å². The van der Waals surface area contributed by atoms with Crippen LogP contribution in [0.4, 0.5) is 10.1 Å². The topological polar surface area (TPSA) is 49.3 Å². The quantitative estimate of drug-likeness (QED) is 0.870. The van der Waals surface area contributed by atoms with Crippen molar-refractivity contribution in [3.05, 3.63) is 66.0 Å². The number of hydrogen-bond acceptors (Lipinski definition) is 2. The molecule has 3 nitrogen and oxygen atoms in total. The molecular weight excluding hydrogens is 233 g/mol. The van der Waals surface area contributed by atoms with Gasteiger partial charge >= 0.3 is 5.97 Å². The zero-order valence-corrected chi connectivity index (χ0v) is 9.51. The lowest BCUT2D eigenvalue weighted by molar-refractivity contribution is -0.138. The number of benzene rings is 2. The van der Waals surface area contributed by atoms with E-state index in [1.54, 1.807) is 30.3 Å². The SMILES string of the molecule is O=C(O)[C@@H](Nc1cccc(F)c1)c1ccccc1. The Morgan fingerprint density at radius 2 is 1.83 bits per heavy atom. The van der Waals surface area contributed by atoms with Gasteiger partial charge in [0.15, 0.2) is 6.04 Å². The third kappa shape index (κ3) is 2.85. The Morgan fingerprint density at radius 3 is 2.44 bits per heavy atom. The van der Waals surface area contributed by atoms with Crippen molar-refractivity contribution in [2.45, 2.75) is 6.04 Å². The summed E-state index contributed by atoms with van der Waals surface area (Å²) in [5.41, 5.74) is 1.06. The van der Waals surface area contributed by atoms with E-state index in [1.165, 1.54) is 18.2 Å². The highest BCUT2D eigenvalue weighted by atomic mass is 19.1. The smallest absolute Gasteiger partial charge is 0.330 e. The third-order valence-corrected chi connectivity index (χ3v) is 2.52. The molecule has 0 heterocycles. The van der Waals surface area contributed by atoms with E-state index < -0.39 is 17.8 Å². The highest BCUT2D eigenvalue weighted by molar-refractivity contribution is 5.79. The second kappa shape index (κ2) is 5.31. The fraction of sp³-hybridized carbons (Fsp3) is 0.0714. The maximum absolute atomic E-state index is 13.0. The lowest BCUT2D eigenvalue weighted by Gasteiger charge is -2.16. The minimum absolute atomic E-state index is 0.405. The van der Waals surface area contributed by atoms with Gasteiger partial charge in [-0.05, 0) is 23.8 Å². The molecule has 1 atom stereocenters. The summed E-state index contributed by atoms with van der Waals surface area (Å²) in [6.07, 6.45) is 0. The van der Waals surface area contributed by atoms with Crippen LogP contribution in [-0.2, 0) is 4.79 Å². The first-order valence-corrected chi connectivity index (χ1v) is 5.46. The van der Waals surface area contributed by atoms with E-state index >= 15 is 0 Å². The fourth-order valence-corrected chi connectivity index (χ4v) is 1.68. The molecule has 0 bridgehead atoms. The highest BCUT2D eigenvalue weighted by Crippen LogP contribution is 2.20. The van der Waals surface area contributed by atoms with Crippen LogP contribution in [-0.4, -0.2) is 11.1 Å². The number of anilines is 1. The Balaban J connectivity index is 2.25. The number of carboxylic acids is 1. The molecule has 0 aliphatic heterocycles. The molecule has 18 heavy (non-hydrogen) atoms. The molecule has 0 spiro atoms. The normalized spacial score (nSPS) is 11.8. The second-order valence-corrected chi connectivity index (χ2v) is 3.84. The lowest BCUT2D eigenvalue weighted by Crippen LogP contribution is -2.20. The summed E-state index contributed by atoms with van der Waals surface area (Å²) in [6, 6.07) is 13.6. The van der Waals surface area contributed by atoms with Crippen molar-refractivity contribution in [1.29, 1.82) is 0 Å². The van der Waals surface area contributed by atoms with Gasteiger partial charge < -0.3 is 10.4 Å². The van der Waals surface area contributed by atoms with Crippen molar-refractivity contribution in [3.63, 3.8) is 0 Å². The van der Waals surface area contributed by atoms with Crippen LogP contribution in [0.15, 0.2) is 54.6 Å². The molecule has 2 rings (SSSR count). The van der Waals surface area contributed by atoms with Gasteiger partial charge in [0.25, 0.3) is 0 Å². The van der Waals surface area contributed by atoms with E-state index in [0.29, 0.717) is 11.3 Å². The number of hydrogen-bond donors (Lipinski definition) is 2. The van der Waals surface area contributed by atoms with Crippen molar-refractivity contribution in [2.24, 2.45) is 0 Å². The van der Waals surface area contributed by atoms with Gasteiger partial charge in [0.1, 0.15) is 5.82 Å². The molecule has 4 heteroatoms. The van der Waals surface area contributed by atoms with Crippen LogP contribution in [0, 0.1) is 5.82 Å². The number of carboxylic acid groups (broad SMARTS) is 1. The Bertz CT molecular complexity index is 543. The van der Waals surface area contributed by atoms with Crippen LogP contribution in [0.2, 0.25) is 0 Å². The summed E-state index contributed by atoms with van der Waals surface area (Å²) in [5.74, 6) is -1.41. The zero-order valence-electron chi connectivity index (χ0n) is 9.51. The van der Waals surface area contributed by atoms with Gasteiger partial charge in [0.2, 0.25) is 0 Å². The zero-order chi connectivity index (χ0) is 13.0. The molecule has 2 N–H and O–H groups in total. The molecule has 0 amide bonds. The van der Waals surface area contributed by atoms with Crippen molar-refractivity contribution >= 4 is 11.7 Å². The minimum Gasteiger partial charge on any atom is -0.479 e. The van der Waals surface area contributed by atoms with Gasteiger partial charge in [0, 0.05) is 5.69 Å². The third-order valence-electron chi connectivity index (χ3n) is 2.52. The molecule has 2 aromatic rings. The molecule has 0 saturated carbocycles. The first-order valence-electron chi connectivity index (χ1n) is 5.46. The van der Waals surface area contributed by atoms with E-state index in [2.05, 4.69) is 5.32 Å². The average molecular weight is 245 g/mol. The molecule has 0 unspecified atom stereocenters. The molecular formula is C14H12FNO2. The van der Waals surface area contributed by atoms with Gasteiger partial charge in [-0.1, -0.05) is 36.4 Å². The molecule has 0 saturated heterocycles. The summed E-state index contributed by atoms with van der Waals surface area (Å²) < 4.78 is 13.0. The van der Waals surface area contributed by atoms with Crippen LogP contribution in [0.5, 0.6) is 0 Å². The molecule has 0 aromatic heterocycles. The Labute approximate surface area is 104 Å². The summed E-state index contributed by atoms with van der Waals surface area (Å²) in [6.45, 7) is 0. The van der Waals surface area contributed by atoms with E-state index in [1.807, 2.05) is 6.07 Å². The first-order chi connectivity index (χ1) is 8.66. The fourth-order valence-electron chi connectivity index (χ4n) is 1.68. The minimum atomic E-state index is -1.01. The van der Waals surface area contributed by atoms with Crippen LogP contribution in [0.25, 0.3) is 0 Å². The van der Waals surface area contributed by atoms with E-state index in [4.69, 9.17) is 0 Å². The number of halogens is 1. The van der Waals surface area contributed by atoms with Gasteiger partial charge in [-0.2, -0.15) is 0 Å². The predicted molar refractivity (Wildman–Crippen MR) is 66.8 cm³/mol. The van der Waals surface area contributed by atoms with E-state index in [9.17, 15) is 14.3 Å². The maximum atomic E-state index is 13.0. The van der Waals surface area contributed by atoms with Gasteiger partial charge in [-0.15, -0.1) is 0 Å². The number of rotatable bonds is 4. The summed E-state index contributed by atoms with van der Waals surface area (Å²) in [7, 11) is 0. The van der Waals surface area contributed by atoms with Gasteiger partial charge in [0.05, 0.1) is 0 Å². The number of carbonyl (C=O) groups is 1. The van der Waals surface area contributed by atoms with Crippen LogP contribution < -0.4 is 5.32 Å². The van der Waals surface area contributed by atoms with Crippen molar-refractivity contribution in [1.82, 2.24) is 0 Å². The summed E-state index contributed by atoms with van der Waals surface area (Å²) in [5, 5.41) is 12.0. The van der Waals surface area contributed by atoms with Crippen molar-refractivity contribution in [2.75, 3.05) is 5.32 Å². The molecule has 0 aliphatic rings. The van der Waals surface area contributed by atoms with E-state index in [0.717, 1.165) is 0 Å².